The highest BCUT2D eigenvalue weighted by Gasteiger charge is 2.15. The standard InChI is InChI=1S/C23H22N2O5S/c1-13(2)17-10-18-16(9-22(27)29-19(18)8-14(17)3)11-28-21(26)5-4-20-24-23(25-30-20)15-6-7-31-12-15/h6-10,12-13H,4-5,11H2,1-3H3. The number of thiophene rings is 1. The third-order valence-electron chi connectivity index (χ3n) is 5.02. The molecule has 0 aliphatic carbocycles. The lowest BCUT2D eigenvalue weighted by molar-refractivity contribution is -0.145. The summed E-state index contributed by atoms with van der Waals surface area (Å²) >= 11 is 1.55. The summed E-state index contributed by atoms with van der Waals surface area (Å²) in [7, 11) is 0. The van der Waals surface area contributed by atoms with Gasteiger partial charge < -0.3 is 13.7 Å². The Morgan fingerprint density at radius 2 is 2.10 bits per heavy atom. The molecule has 0 amide bonds. The van der Waals surface area contributed by atoms with Gasteiger partial charge in [0.25, 0.3) is 0 Å². The van der Waals surface area contributed by atoms with Crippen molar-refractivity contribution in [3.63, 3.8) is 0 Å². The molecule has 31 heavy (non-hydrogen) atoms. The van der Waals surface area contributed by atoms with Crippen molar-refractivity contribution in [1.29, 1.82) is 0 Å². The number of aromatic nitrogens is 2. The van der Waals surface area contributed by atoms with Crippen LogP contribution in [0.4, 0.5) is 0 Å². The summed E-state index contributed by atoms with van der Waals surface area (Å²) in [5.41, 5.74) is 3.75. The van der Waals surface area contributed by atoms with Crippen LogP contribution in [-0.4, -0.2) is 16.1 Å². The first-order chi connectivity index (χ1) is 14.9. The molecule has 0 atom stereocenters. The van der Waals surface area contributed by atoms with Gasteiger partial charge in [-0.3, -0.25) is 4.79 Å². The van der Waals surface area contributed by atoms with E-state index >= 15 is 0 Å². The number of ether oxygens (including phenoxy) is 1. The summed E-state index contributed by atoms with van der Waals surface area (Å²) < 4.78 is 16.0. The van der Waals surface area contributed by atoms with Gasteiger partial charge in [0.05, 0.1) is 6.42 Å². The van der Waals surface area contributed by atoms with Gasteiger partial charge in [-0.05, 0) is 47.5 Å². The second kappa shape index (κ2) is 8.85. The SMILES string of the molecule is Cc1cc2oc(=O)cc(COC(=O)CCc3nc(-c4ccsc4)no3)c2cc1C(C)C. The van der Waals surface area contributed by atoms with Crippen LogP contribution in [0.1, 0.15) is 48.8 Å². The zero-order chi connectivity index (χ0) is 22.0. The van der Waals surface area contributed by atoms with Crippen LogP contribution in [0.2, 0.25) is 0 Å². The fourth-order valence-corrected chi connectivity index (χ4v) is 4.07. The molecule has 0 saturated heterocycles. The van der Waals surface area contributed by atoms with E-state index in [1.54, 1.807) is 11.3 Å². The maximum atomic E-state index is 12.3. The number of hydrogen-bond acceptors (Lipinski definition) is 8. The highest BCUT2D eigenvalue weighted by Crippen LogP contribution is 2.27. The lowest BCUT2D eigenvalue weighted by Gasteiger charge is -2.13. The molecule has 0 aliphatic heterocycles. The molecular formula is C23H22N2O5S. The van der Waals surface area contributed by atoms with Gasteiger partial charge in [0.15, 0.2) is 0 Å². The lowest BCUT2D eigenvalue weighted by Crippen LogP contribution is -2.09. The molecule has 8 heteroatoms. The Balaban J connectivity index is 1.43. The van der Waals surface area contributed by atoms with Crippen LogP contribution >= 0.6 is 11.3 Å². The first kappa shape index (κ1) is 21.0. The second-order valence-corrected chi connectivity index (χ2v) is 8.41. The Kier molecular flexibility index (Phi) is 5.99. The quantitative estimate of drug-likeness (QED) is 0.295. The number of rotatable bonds is 7. The highest BCUT2D eigenvalue weighted by molar-refractivity contribution is 7.08. The van der Waals surface area contributed by atoms with Crippen molar-refractivity contribution in [2.24, 2.45) is 0 Å². The molecule has 3 heterocycles. The molecule has 0 bridgehead atoms. The van der Waals surface area contributed by atoms with E-state index in [2.05, 4.69) is 24.0 Å². The normalized spacial score (nSPS) is 11.4. The minimum atomic E-state index is -0.470. The minimum Gasteiger partial charge on any atom is -0.461 e. The van der Waals surface area contributed by atoms with Crippen molar-refractivity contribution >= 4 is 28.3 Å². The maximum absolute atomic E-state index is 12.3. The lowest BCUT2D eigenvalue weighted by atomic mass is 9.95. The minimum absolute atomic E-state index is 0.00842. The number of carbonyl (C=O) groups is 1. The molecule has 0 saturated carbocycles. The highest BCUT2D eigenvalue weighted by atomic mass is 32.1. The number of hydrogen-bond donors (Lipinski definition) is 0. The molecule has 4 aromatic rings. The van der Waals surface area contributed by atoms with Crippen molar-refractivity contribution in [3.05, 3.63) is 68.0 Å². The van der Waals surface area contributed by atoms with E-state index in [9.17, 15) is 9.59 Å². The van der Waals surface area contributed by atoms with Gasteiger partial charge in [-0.1, -0.05) is 19.0 Å². The molecule has 0 aliphatic rings. The largest absolute Gasteiger partial charge is 0.461 e. The zero-order valence-corrected chi connectivity index (χ0v) is 18.3. The first-order valence-electron chi connectivity index (χ1n) is 9.98. The predicted molar refractivity (Wildman–Crippen MR) is 117 cm³/mol. The Morgan fingerprint density at radius 1 is 1.26 bits per heavy atom. The van der Waals surface area contributed by atoms with E-state index in [4.69, 9.17) is 13.7 Å². The van der Waals surface area contributed by atoms with E-state index in [0.717, 1.165) is 22.1 Å². The summed E-state index contributed by atoms with van der Waals surface area (Å²) in [5.74, 6) is 0.789. The zero-order valence-electron chi connectivity index (χ0n) is 17.5. The smallest absolute Gasteiger partial charge is 0.336 e. The Bertz CT molecular complexity index is 1270. The van der Waals surface area contributed by atoms with Gasteiger partial charge in [0.1, 0.15) is 12.2 Å². The van der Waals surface area contributed by atoms with E-state index in [1.807, 2.05) is 35.9 Å². The number of esters is 1. The fourth-order valence-electron chi connectivity index (χ4n) is 3.44. The average Bonchev–Trinajstić information content (AvgIpc) is 3.41. The molecule has 0 radical (unpaired) electrons. The van der Waals surface area contributed by atoms with Gasteiger partial charge in [0.2, 0.25) is 11.7 Å². The van der Waals surface area contributed by atoms with Crippen LogP contribution in [0.5, 0.6) is 0 Å². The molecule has 0 unspecified atom stereocenters. The Morgan fingerprint density at radius 3 is 2.84 bits per heavy atom. The molecule has 1 aromatic carbocycles. The maximum Gasteiger partial charge on any atom is 0.336 e. The average molecular weight is 439 g/mol. The second-order valence-electron chi connectivity index (χ2n) is 7.63. The number of benzene rings is 1. The van der Waals surface area contributed by atoms with E-state index in [-0.39, 0.29) is 19.4 Å². The summed E-state index contributed by atoms with van der Waals surface area (Å²) in [6.45, 7) is 6.19. The molecule has 4 rings (SSSR count). The molecule has 0 N–H and O–H groups in total. The summed E-state index contributed by atoms with van der Waals surface area (Å²) in [6.07, 6.45) is 0.380. The Labute approximate surface area is 182 Å². The van der Waals surface area contributed by atoms with Gasteiger partial charge >= 0.3 is 11.6 Å². The van der Waals surface area contributed by atoms with Crippen LogP contribution in [-0.2, 0) is 22.6 Å². The molecule has 160 valence electrons. The van der Waals surface area contributed by atoms with E-state index in [1.165, 1.54) is 6.07 Å². The number of aryl methyl sites for hydroxylation is 2. The van der Waals surface area contributed by atoms with Gasteiger partial charge in [-0.15, -0.1) is 0 Å². The van der Waals surface area contributed by atoms with Crippen molar-refractivity contribution < 1.29 is 18.5 Å². The van der Waals surface area contributed by atoms with Gasteiger partial charge in [0, 0.05) is 34.4 Å². The van der Waals surface area contributed by atoms with Gasteiger partial charge in [-0.2, -0.15) is 16.3 Å². The fraction of sp³-hybridized carbons (Fsp3) is 0.304. The molecule has 0 spiro atoms. The van der Waals surface area contributed by atoms with Gasteiger partial charge in [-0.25, -0.2) is 4.79 Å². The van der Waals surface area contributed by atoms with Crippen molar-refractivity contribution in [3.8, 4) is 11.4 Å². The topological polar surface area (TPSA) is 95.4 Å². The van der Waals surface area contributed by atoms with Crippen LogP contribution in [0.3, 0.4) is 0 Å². The van der Waals surface area contributed by atoms with E-state index < -0.39 is 11.6 Å². The molecule has 3 aromatic heterocycles. The molecular weight excluding hydrogens is 416 g/mol. The Hall–Kier alpha value is -3.26. The van der Waals surface area contributed by atoms with Crippen LogP contribution in [0.15, 0.2) is 48.8 Å². The number of carbonyl (C=O) groups excluding carboxylic acids is 1. The van der Waals surface area contributed by atoms with Crippen LogP contribution < -0.4 is 5.63 Å². The molecule has 0 fully saturated rings. The third-order valence-corrected chi connectivity index (χ3v) is 5.70. The van der Waals surface area contributed by atoms with E-state index in [0.29, 0.717) is 28.8 Å². The monoisotopic (exact) mass is 438 g/mol. The van der Waals surface area contributed by atoms with Crippen LogP contribution in [0, 0.1) is 6.92 Å². The summed E-state index contributed by atoms with van der Waals surface area (Å²) in [4.78, 5) is 28.5. The number of fused-ring (bicyclic) bond motifs is 1. The van der Waals surface area contributed by atoms with Crippen molar-refractivity contribution in [2.75, 3.05) is 0 Å². The van der Waals surface area contributed by atoms with Crippen LogP contribution in [0.25, 0.3) is 22.4 Å². The molecule has 7 nitrogen and oxygen atoms in total. The predicted octanol–water partition coefficient (Wildman–Crippen LogP) is 5.01. The van der Waals surface area contributed by atoms with Crippen molar-refractivity contribution in [1.82, 2.24) is 10.1 Å². The third kappa shape index (κ3) is 4.74. The summed E-state index contributed by atoms with van der Waals surface area (Å²) in [6, 6.07) is 7.14. The first-order valence-corrected chi connectivity index (χ1v) is 10.9. The van der Waals surface area contributed by atoms with Crippen molar-refractivity contribution in [2.45, 2.75) is 46.1 Å². The summed E-state index contributed by atoms with van der Waals surface area (Å²) in [5, 5.41) is 8.56. The number of nitrogens with zero attached hydrogens (tertiary/aromatic N) is 2.